The number of benzene rings is 6. The molecule has 0 N–H and O–H groups in total. The third-order valence-corrected chi connectivity index (χ3v) is 14.4. The molecule has 11 rings (SSSR count). The molecule has 5 aliphatic carbocycles. The van der Waals surface area contributed by atoms with E-state index in [1.54, 1.807) is 0 Å². The number of allylic oxidation sites excluding steroid dienone is 10. The van der Waals surface area contributed by atoms with Gasteiger partial charge in [-0.15, -0.1) is 0 Å². The Morgan fingerprint density at radius 1 is 0.233 bits per heavy atom. The lowest BCUT2D eigenvalue weighted by Gasteiger charge is -2.47. The van der Waals surface area contributed by atoms with E-state index in [4.69, 9.17) is 0 Å². The fourth-order valence-electron chi connectivity index (χ4n) is 10.4. The number of alkyl halides is 9. The number of rotatable bonds is 4. The minimum absolute atomic E-state index is 1.45. The van der Waals surface area contributed by atoms with E-state index >= 15 is 39.5 Å². The molecular formula is C50B2F38. The van der Waals surface area contributed by atoms with Crippen molar-refractivity contribution in [3.8, 4) is 0 Å². The topological polar surface area (TPSA) is 0 Å². The molecule has 0 fully saturated rings. The second-order valence-corrected chi connectivity index (χ2v) is 18.9. The Hall–Kier alpha value is -8.25. The maximum Gasteiger partial charge on any atom is 0.379 e. The average Bonchev–Trinajstić information content (AvgIpc) is 0.890. The van der Waals surface area contributed by atoms with Crippen LogP contribution in [-0.2, 0) is 11.5 Å². The Morgan fingerprint density at radius 3 is 0.889 bits per heavy atom. The summed E-state index contributed by atoms with van der Waals surface area (Å²) < 4.78 is 558. The van der Waals surface area contributed by atoms with Gasteiger partial charge >= 0.3 is 17.8 Å². The molecule has 6 aromatic rings. The average molecular weight is 1340 g/mol. The molecule has 90 heavy (non-hydrogen) atoms. The minimum atomic E-state index is -7.37. The first-order valence-electron chi connectivity index (χ1n) is 22.6. The van der Waals surface area contributed by atoms with Crippen LogP contribution in [0.5, 0.6) is 0 Å². The maximum absolute atomic E-state index is 16.5. The van der Waals surface area contributed by atoms with Crippen molar-refractivity contribution in [2.24, 2.45) is 0 Å². The summed E-state index contributed by atoms with van der Waals surface area (Å²) >= 11 is 0. The zero-order valence-electron chi connectivity index (χ0n) is 40.5. The molecule has 472 valence electrons. The Bertz CT molecular complexity index is 4520. The van der Waals surface area contributed by atoms with Crippen molar-refractivity contribution in [2.75, 3.05) is 0 Å². The molecule has 3 unspecified atom stereocenters. The molecule has 0 saturated carbocycles. The van der Waals surface area contributed by atoms with E-state index < -0.39 is 300 Å². The Balaban J connectivity index is 0.000000198. The first-order chi connectivity index (χ1) is 41.2. The van der Waals surface area contributed by atoms with Crippen molar-refractivity contribution >= 4 is 64.4 Å². The van der Waals surface area contributed by atoms with Gasteiger partial charge in [-0.25, -0.2) is 140 Å². The van der Waals surface area contributed by atoms with Gasteiger partial charge in [0.1, 0.15) is 23.3 Å². The second-order valence-electron chi connectivity index (χ2n) is 18.9. The fraction of sp³-hybridized carbons (Fsp3) is 0.120. The van der Waals surface area contributed by atoms with E-state index in [1.807, 2.05) is 0 Å². The molecule has 0 amide bonds. The largest absolute Gasteiger partial charge is 0.379 e. The van der Waals surface area contributed by atoms with E-state index in [0.717, 1.165) is 0 Å². The van der Waals surface area contributed by atoms with Crippen LogP contribution in [0.2, 0.25) is 0 Å². The van der Waals surface area contributed by atoms with Crippen LogP contribution in [0.1, 0.15) is 33.4 Å². The molecule has 40 heteroatoms. The summed E-state index contributed by atoms with van der Waals surface area (Å²) in [5.41, 5.74) is -46.1. The van der Waals surface area contributed by atoms with Gasteiger partial charge in [0.05, 0.1) is 32.8 Å². The molecule has 6 aromatic carbocycles. The highest BCUT2D eigenvalue weighted by Crippen LogP contribution is 2.67. The molecule has 3 atom stereocenters. The molecule has 0 aliphatic heterocycles. The summed E-state index contributed by atoms with van der Waals surface area (Å²) in [4.78, 5) is 0. The summed E-state index contributed by atoms with van der Waals surface area (Å²) in [5, 5.41) is -10.2. The third-order valence-electron chi connectivity index (χ3n) is 14.4. The predicted octanol–water partition coefficient (Wildman–Crippen LogP) is 17.9. The summed E-state index contributed by atoms with van der Waals surface area (Å²) in [6.45, 7) is 0. The van der Waals surface area contributed by atoms with Gasteiger partial charge in [-0.1, -0.05) is 0 Å². The quantitative estimate of drug-likeness (QED) is 0.0543. The van der Waals surface area contributed by atoms with Crippen LogP contribution in [-0.4, -0.2) is 37.5 Å². The van der Waals surface area contributed by atoms with E-state index in [1.165, 1.54) is 0 Å². The van der Waals surface area contributed by atoms with Crippen LogP contribution < -0.4 is 5.46 Å². The third kappa shape index (κ3) is 7.44. The van der Waals surface area contributed by atoms with Crippen LogP contribution in [0.3, 0.4) is 0 Å². The Labute approximate surface area is 467 Å². The molecule has 0 nitrogen and oxygen atoms in total. The van der Waals surface area contributed by atoms with Crippen LogP contribution >= 0.6 is 0 Å². The smallest absolute Gasteiger partial charge is 0.242 e. The van der Waals surface area contributed by atoms with E-state index in [2.05, 4.69) is 0 Å². The van der Waals surface area contributed by atoms with Crippen LogP contribution in [0.15, 0.2) is 46.1 Å². The van der Waals surface area contributed by atoms with Crippen molar-refractivity contribution < 1.29 is 167 Å². The highest BCUT2D eigenvalue weighted by molar-refractivity contribution is 6.60. The molecule has 0 heterocycles. The molecular weight excluding hydrogens is 1340 g/mol. The molecule has 0 aromatic heterocycles. The predicted molar refractivity (Wildman–Crippen MR) is 226 cm³/mol. The van der Waals surface area contributed by atoms with Crippen molar-refractivity contribution in [2.45, 2.75) is 34.5 Å². The van der Waals surface area contributed by atoms with Crippen LogP contribution in [0.4, 0.5) is 167 Å². The first-order valence-corrected chi connectivity index (χ1v) is 22.6. The maximum atomic E-state index is 16.5. The monoisotopic (exact) mass is 1340 g/mol. The number of hydrogen-bond donors (Lipinski definition) is 0. The summed E-state index contributed by atoms with van der Waals surface area (Å²) in [6.07, 6.45) is 0. The molecule has 0 saturated heterocycles. The minimum Gasteiger partial charge on any atom is -0.242 e. The Kier molecular flexibility index (Phi) is 14.1. The van der Waals surface area contributed by atoms with Crippen molar-refractivity contribution in [1.82, 2.24) is 0 Å². The number of hydrogen-bond acceptors (Lipinski definition) is 0. The second kappa shape index (κ2) is 19.6. The van der Waals surface area contributed by atoms with Gasteiger partial charge in [-0.05, 0) is 5.46 Å². The highest BCUT2D eigenvalue weighted by atomic mass is 19.4. The van der Waals surface area contributed by atoms with E-state index in [0.29, 0.717) is 0 Å². The van der Waals surface area contributed by atoms with E-state index in [9.17, 15) is 127 Å². The highest BCUT2D eigenvalue weighted by Gasteiger charge is 2.85. The van der Waals surface area contributed by atoms with Gasteiger partial charge < -0.3 is 0 Å². The van der Waals surface area contributed by atoms with Crippen molar-refractivity contribution in [3.63, 3.8) is 0 Å². The first kappa shape index (κ1) is 64.7. The lowest BCUT2D eigenvalue weighted by molar-refractivity contribution is -0.351. The molecule has 5 aliphatic rings. The van der Waals surface area contributed by atoms with E-state index in [-0.39, 0.29) is 0 Å². The van der Waals surface area contributed by atoms with Gasteiger partial charge in [0.2, 0.25) is 14.6 Å². The van der Waals surface area contributed by atoms with Crippen molar-refractivity contribution in [3.05, 3.63) is 202 Å². The van der Waals surface area contributed by atoms with Crippen LogP contribution in [0.25, 0.3) is 44.3 Å². The SMILES string of the molecule is FC1=C2C(=C(F)c3c(F)c(F)c(F)c(F)c32)C(F)([B]C2(F)C(F)=C(F)C(F)=C3C2=C(F)c2c(F)c(F)c(F)c(F)c23)C(F)=C1F.Fc1c(F)c(F)c2c(c1F)C(F)(F)C(F)(F)C(F)(F)C2(F)[B]c1c(F)c(F)c(F)c2c(F)c3c(F)c(F)c(F)c(F)c3c(F)c12. The van der Waals surface area contributed by atoms with Gasteiger partial charge in [-0.2, -0.15) is 26.3 Å². The Morgan fingerprint density at radius 2 is 0.522 bits per heavy atom. The zero-order valence-corrected chi connectivity index (χ0v) is 40.5. The van der Waals surface area contributed by atoms with Crippen LogP contribution in [0, 0.1) is 122 Å². The number of fused-ring (bicyclic) bond motifs is 9. The number of halogens is 38. The summed E-state index contributed by atoms with van der Waals surface area (Å²) in [6, 6.07) is 0. The fourth-order valence-corrected chi connectivity index (χ4v) is 10.4. The normalized spacial score (nSPS) is 22.2. The summed E-state index contributed by atoms with van der Waals surface area (Å²) in [7, 11) is -3.19. The lowest BCUT2D eigenvalue weighted by atomic mass is 9.44. The summed E-state index contributed by atoms with van der Waals surface area (Å²) in [5.74, 6) is -110. The van der Waals surface area contributed by atoms with Gasteiger partial charge in [0.15, 0.2) is 162 Å². The van der Waals surface area contributed by atoms with Gasteiger partial charge in [0, 0.05) is 44.4 Å². The molecule has 0 spiro atoms. The van der Waals surface area contributed by atoms with Gasteiger partial charge in [0.25, 0.3) is 0 Å². The standard InChI is InChI=1S/C26BF18.C24BF20/c28-9-5-1(11(30)17(36)19(38)15(5)34)3-7(9)25(44,23(42)21(40)13(3)32)27-26(45)8-4(14(33)22(41)24(26)43)2-6(10(8)29)16(35)20(39)18(37)12(2)31;26-8-1-2(9(27)4-3(8)11(29)17(35)18(36)12(4)30)10(28)16(34)15(33)7(1)25-21(39)5-6(14(32)20(38)19(37)13(5)31)22(40,41)24(44,45)23(21,42)43. The zero-order chi connectivity index (χ0) is 67.8. The lowest BCUT2D eigenvalue weighted by Crippen LogP contribution is -2.69. The van der Waals surface area contributed by atoms with Crippen molar-refractivity contribution in [1.29, 1.82) is 0 Å². The molecule has 0 bridgehead atoms. The van der Waals surface area contributed by atoms with Gasteiger partial charge in [-0.3, -0.25) is 0 Å². The molecule has 2 radical (unpaired) electrons.